The van der Waals surface area contributed by atoms with Gasteiger partial charge < -0.3 is 9.84 Å². The van der Waals surface area contributed by atoms with Crippen LogP contribution in [0.2, 0.25) is 0 Å². The number of aromatic nitrogens is 1. The van der Waals surface area contributed by atoms with E-state index in [0.29, 0.717) is 13.2 Å². The van der Waals surface area contributed by atoms with Crippen molar-refractivity contribution >= 4 is 11.3 Å². The summed E-state index contributed by atoms with van der Waals surface area (Å²) < 4.78 is 5.55. The summed E-state index contributed by atoms with van der Waals surface area (Å²) in [6.45, 7) is 12.8. The largest absolute Gasteiger partial charge is 0.389 e. The van der Waals surface area contributed by atoms with Gasteiger partial charge in [0.2, 0.25) is 0 Å². The van der Waals surface area contributed by atoms with Crippen molar-refractivity contribution in [3.05, 3.63) is 16.1 Å². The Morgan fingerprint density at radius 3 is 2.68 bits per heavy atom. The lowest BCUT2D eigenvalue weighted by Crippen LogP contribution is -2.38. The molecule has 1 aromatic rings. The molecule has 0 aliphatic rings. The minimum Gasteiger partial charge on any atom is -0.389 e. The van der Waals surface area contributed by atoms with E-state index in [1.54, 1.807) is 11.3 Å². The molecule has 0 aliphatic carbocycles. The third-order valence-electron chi connectivity index (χ3n) is 2.78. The van der Waals surface area contributed by atoms with E-state index in [1.807, 2.05) is 27.7 Å². The van der Waals surface area contributed by atoms with E-state index in [9.17, 15) is 5.11 Å². The summed E-state index contributed by atoms with van der Waals surface area (Å²) in [6.07, 6.45) is 0.0631. The Morgan fingerprint density at radius 2 is 2.16 bits per heavy atom. The van der Waals surface area contributed by atoms with Crippen LogP contribution >= 0.6 is 11.3 Å². The molecule has 0 radical (unpaired) electrons. The predicted molar refractivity (Wildman–Crippen MR) is 79.4 cm³/mol. The quantitative estimate of drug-likeness (QED) is 0.798. The summed E-state index contributed by atoms with van der Waals surface area (Å²) in [5.74, 6) is 0. The molecular formula is C14H26N2O2S. The number of nitrogens with zero attached hydrogens (tertiary/aromatic N) is 2. The van der Waals surface area contributed by atoms with E-state index in [4.69, 9.17) is 4.74 Å². The molecule has 0 spiro atoms. The molecule has 5 heteroatoms. The lowest BCUT2D eigenvalue weighted by Gasteiger charge is -2.27. The van der Waals surface area contributed by atoms with E-state index in [0.717, 1.165) is 23.8 Å². The average molecular weight is 286 g/mol. The van der Waals surface area contributed by atoms with Crippen molar-refractivity contribution < 1.29 is 9.84 Å². The first-order valence-corrected chi connectivity index (χ1v) is 7.74. The van der Waals surface area contributed by atoms with Crippen LogP contribution in [0.15, 0.2) is 5.38 Å². The van der Waals surface area contributed by atoms with Gasteiger partial charge in [0.25, 0.3) is 0 Å². The van der Waals surface area contributed by atoms with Gasteiger partial charge in [-0.25, -0.2) is 4.98 Å². The van der Waals surface area contributed by atoms with Crippen LogP contribution in [0.1, 0.15) is 51.4 Å². The predicted octanol–water partition coefficient (Wildman–Crippen LogP) is 2.83. The summed E-state index contributed by atoms with van der Waals surface area (Å²) in [6, 6.07) is 0. The van der Waals surface area contributed by atoms with Crippen molar-refractivity contribution in [2.24, 2.45) is 0 Å². The number of aliphatic hydroxyl groups is 1. The van der Waals surface area contributed by atoms with E-state index < -0.39 is 5.60 Å². The zero-order valence-corrected chi connectivity index (χ0v) is 13.5. The topological polar surface area (TPSA) is 45.6 Å². The second kappa shape index (κ2) is 7.33. The van der Waals surface area contributed by atoms with Gasteiger partial charge in [0.05, 0.1) is 11.3 Å². The first kappa shape index (κ1) is 16.6. The molecule has 0 bridgehead atoms. The molecule has 19 heavy (non-hydrogen) atoms. The minimum absolute atomic E-state index is 0.0631. The minimum atomic E-state index is -0.673. The number of rotatable bonds is 8. The van der Waals surface area contributed by atoms with Gasteiger partial charge in [-0.2, -0.15) is 0 Å². The lowest BCUT2D eigenvalue weighted by molar-refractivity contribution is 0.0349. The number of ether oxygens (including phenoxy) is 1. The summed E-state index contributed by atoms with van der Waals surface area (Å²) in [5, 5.41) is 13.0. The molecule has 0 amide bonds. The Balaban J connectivity index is 2.61. The average Bonchev–Trinajstić information content (AvgIpc) is 2.75. The van der Waals surface area contributed by atoms with Crippen molar-refractivity contribution in [2.45, 2.75) is 52.9 Å². The van der Waals surface area contributed by atoms with Gasteiger partial charge in [0.15, 0.2) is 0 Å². The standard InChI is InChI=1S/C14H26N2O2S/c1-6-16(10-14(4,5)17)8-12-9-19-13(15-12)11(3)18-7-2/h9,11,17H,6-8,10H2,1-5H3. The van der Waals surface area contributed by atoms with Crippen molar-refractivity contribution in [1.29, 1.82) is 0 Å². The van der Waals surface area contributed by atoms with Crippen molar-refractivity contribution in [2.75, 3.05) is 19.7 Å². The molecule has 1 aromatic heterocycles. The fourth-order valence-corrected chi connectivity index (χ4v) is 2.77. The molecule has 0 saturated heterocycles. The van der Waals surface area contributed by atoms with Gasteiger partial charge in [-0.15, -0.1) is 11.3 Å². The zero-order chi connectivity index (χ0) is 14.5. The third kappa shape index (κ3) is 5.99. The summed E-state index contributed by atoms with van der Waals surface area (Å²) in [4.78, 5) is 6.82. The first-order chi connectivity index (χ1) is 8.85. The second-order valence-electron chi connectivity index (χ2n) is 5.39. The highest BCUT2D eigenvalue weighted by atomic mass is 32.1. The molecular weight excluding hydrogens is 260 g/mol. The summed E-state index contributed by atoms with van der Waals surface area (Å²) in [7, 11) is 0. The van der Waals surface area contributed by atoms with E-state index in [-0.39, 0.29) is 6.10 Å². The Labute approximate surface area is 120 Å². The normalized spacial score (nSPS) is 14.1. The molecule has 0 aliphatic heterocycles. The van der Waals surface area contributed by atoms with E-state index >= 15 is 0 Å². The Morgan fingerprint density at radius 1 is 1.47 bits per heavy atom. The monoisotopic (exact) mass is 286 g/mol. The number of hydrogen-bond donors (Lipinski definition) is 1. The van der Waals surface area contributed by atoms with Gasteiger partial charge in [-0.3, -0.25) is 4.90 Å². The second-order valence-corrected chi connectivity index (χ2v) is 6.28. The van der Waals surface area contributed by atoms with Crippen LogP contribution in [-0.2, 0) is 11.3 Å². The molecule has 0 saturated carbocycles. The lowest BCUT2D eigenvalue weighted by atomic mass is 10.1. The molecule has 0 fully saturated rings. The Kier molecular flexibility index (Phi) is 6.39. The Bertz CT molecular complexity index is 374. The smallest absolute Gasteiger partial charge is 0.122 e. The number of likely N-dealkylation sites (N-methyl/N-ethyl adjacent to an activating group) is 1. The Hall–Kier alpha value is -0.490. The van der Waals surface area contributed by atoms with E-state index in [2.05, 4.69) is 22.2 Å². The third-order valence-corrected chi connectivity index (χ3v) is 3.83. The molecule has 1 N–H and O–H groups in total. The van der Waals surface area contributed by atoms with Crippen LogP contribution in [0.25, 0.3) is 0 Å². The van der Waals surface area contributed by atoms with Crippen LogP contribution < -0.4 is 0 Å². The van der Waals surface area contributed by atoms with Gasteiger partial charge in [-0.1, -0.05) is 6.92 Å². The SMILES string of the molecule is CCOC(C)c1nc(CN(CC)CC(C)(C)O)cs1. The van der Waals surface area contributed by atoms with Gasteiger partial charge in [-0.05, 0) is 34.2 Å². The van der Waals surface area contributed by atoms with Gasteiger partial charge >= 0.3 is 0 Å². The highest BCUT2D eigenvalue weighted by molar-refractivity contribution is 7.09. The van der Waals surface area contributed by atoms with Gasteiger partial charge in [0.1, 0.15) is 11.1 Å². The van der Waals surface area contributed by atoms with Crippen LogP contribution in [0.4, 0.5) is 0 Å². The maximum Gasteiger partial charge on any atom is 0.122 e. The first-order valence-electron chi connectivity index (χ1n) is 6.86. The highest BCUT2D eigenvalue weighted by Gasteiger charge is 2.18. The van der Waals surface area contributed by atoms with Gasteiger partial charge in [0, 0.05) is 25.1 Å². The fourth-order valence-electron chi connectivity index (χ4n) is 1.96. The molecule has 1 atom stereocenters. The molecule has 0 aromatic carbocycles. The molecule has 4 nitrogen and oxygen atoms in total. The van der Waals surface area contributed by atoms with Crippen LogP contribution in [0, 0.1) is 0 Å². The molecule has 1 heterocycles. The summed E-state index contributed by atoms with van der Waals surface area (Å²) in [5.41, 5.74) is 0.380. The van der Waals surface area contributed by atoms with Crippen molar-refractivity contribution in [3.63, 3.8) is 0 Å². The fraction of sp³-hybridized carbons (Fsp3) is 0.786. The van der Waals surface area contributed by atoms with E-state index in [1.165, 1.54) is 0 Å². The highest BCUT2D eigenvalue weighted by Crippen LogP contribution is 2.22. The summed E-state index contributed by atoms with van der Waals surface area (Å²) >= 11 is 1.64. The molecule has 1 rings (SSSR count). The van der Waals surface area contributed by atoms with Crippen molar-refractivity contribution in [1.82, 2.24) is 9.88 Å². The number of hydrogen-bond acceptors (Lipinski definition) is 5. The number of thiazole rings is 1. The maximum absolute atomic E-state index is 9.88. The maximum atomic E-state index is 9.88. The molecule has 110 valence electrons. The van der Waals surface area contributed by atoms with Crippen LogP contribution in [-0.4, -0.2) is 40.3 Å². The van der Waals surface area contributed by atoms with Crippen molar-refractivity contribution in [3.8, 4) is 0 Å². The molecule has 1 unspecified atom stereocenters. The van der Waals surface area contributed by atoms with Crippen LogP contribution in [0.3, 0.4) is 0 Å². The zero-order valence-electron chi connectivity index (χ0n) is 12.6. The van der Waals surface area contributed by atoms with Crippen LogP contribution in [0.5, 0.6) is 0 Å².